The lowest BCUT2D eigenvalue weighted by Crippen LogP contribution is -2.41. The molecule has 0 bridgehead atoms. The van der Waals surface area contributed by atoms with Crippen molar-refractivity contribution in [3.63, 3.8) is 0 Å². The molecule has 1 saturated heterocycles. The Hall–Kier alpha value is -1.14. The normalized spacial score (nSPS) is 28.8. The summed E-state index contributed by atoms with van der Waals surface area (Å²) in [6, 6.07) is 1.04. The van der Waals surface area contributed by atoms with Gasteiger partial charge in [-0.1, -0.05) is 0 Å². The monoisotopic (exact) mass is 416 g/mol. The second-order valence-electron chi connectivity index (χ2n) is 5.69. The number of nitrogens with zero attached hydrogens (tertiary/aromatic N) is 2. The van der Waals surface area contributed by atoms with Gasteiger partial charge in [-0.25, -0.2) is 4.79 Å². The molecule has 1 aliphatic heterocycles. The Kier molecular flexibility index (Phi) is 6.08. The third kappa shape index (κ3) is 4.77. The molecule has 0 aliphatic carbocycles. The van der Waals surface area contributed by atoms with Crippen LogP contribution in [0.2, 0.25) is 0 Å². The van der Waals surface area contributed by atoms with Gasteiger partial charge in [0.25, 0.3) is 5.56 Å². The van der Waals surface area contributed by atoms with E-state index in [1.165, 1.54) is 7.05 Å². The molecule has 15 heteroatoms. The summed E-state index contributed by atoms with van der Waals surface area (Å²) in [4.78, 5) is 50.3. The highest BCUT2D eigenvalue weighted by Gasteiger charge is 2.45. The number of hydrogen-bond acceptors (Lipinski definition) is 8. The van der Waals surface area contributed by atoms with E-state index in [9.17, 15) is 33.8 Å². The van der Waals surface area contributed by atoms with Gasteiger partial charge in [0.1, 0.15) is 18.3 Å². The average Bonchev–Trinajstić information content (AvgIpc) is 2.77. The van der Waals surface area contributed by atoms with Crippen molar-refractivity contribution in [3.05, 3.63) is 33.1 Å². The number of ether oxygens (including phenoxy) is 1. The summed E-state index contributed by atoms with van der Waals surface area (Å²) in [6.07, 6.45) is -4.97. The van der Waals surface area contributed by atoms with Crippen molar-refractivity contribution < 1.29 is 43.3 Å². The molecule has 26 heavy (non-hydrogen) atoms. The third-order valence-corrected chi connectivity index (χ3v) is 7.09. The summed E-state index contributed by atoms with van der Waals surface area (Å²) in [5, 5.41) is 20.0. The summed E-state index contributed by atoms with van der Waals surface area (Å²) in [7, 11) is -8.30. The van der Waals surface area contributed by atoms with Crippen LogP contribution in [-0.4, -0.2) is 64.8 Å². The fraction of sp³-hybridized carbons (Fsp3) is 0.636. The number of rotatable bonds is 6. The fourth-order valence-corrected chi connectivity index (χ4v) is 4.91. The van der Waals surface area contributed by atoms with E-state index in [1.54, 1.807) is 0 Å². The van der Waals surface area contributed by atoms with Crippen LogP contribution in [0.4, 0.5) is 0 Å². The lowest BCUT2D eigenvalue weighted by Gasteiger charge is -2.18. The van der Waals surface area contributed by atoms with E-state index in [0.717, 1.165) is 21.4 Å². The summed E-state index contributed by atoms with van der Waals surface area (Å²) in [5.74, 6) is -1.42. The van der Waals surface area contributed by atoms with E-state index >= 15 is 0 Å². The average molecular weight is 416 g/mol. The smallest absolute Gasteiger partial charge is 0.340 e. The van der Waals surface area contributed by atoms with Gasteiger partial charge in [0.15, 0.2) is 12.1 Å². The molecule has 0 radical (unpaired) electrons. The molecule has 2 rings (SSSR count). The van der Waals surface area contributed by atoms with E-state index in [1.807, 2.05) is 0 Å². The SMILES string of the molecule is Cn1c(=O)ccn([C@@H]2O[C@H](COP(=O)(O)CP(=O)(O)O)[C@@H](O)[C@H]2O)c1=O. The molecule has 2 heterocycles. The molecule has 0 amide bonds. The van der Waals surface area contributed by atoms with Crippen LogP contribution in [0.25, 0.3) is 0 Å². The van der Waals surface area contributed by atoms with Crippen molar-refractivity contribution >= 4 is 15.2 Å². The van der Waals surface area contributed by atoms with Gasteiger partial charge in [0.05, 0.1) is 6.61 Å². The van der Waals surface area contributed by atoms with Crippen LogP contribution in [0.15, 0.2) is 21.9 Å². The molecule has 1 aromatic rings. The topological polar surface area (TPSA) is 198 Å². The van der Waals surface area contributed by atoms with Crippen LogP contribution in [0.3, 0.4) is 0 Å². The first kappa shape index (κ1) is 21.2. The minimum Gasteiger partial charge on any atom is -0.387 e. The Morgan fingerprint density at radius 3 is 2.38 bits per heavy atom. The predicted molar refractivity (Wildman–Crippen MR) is 84.6 cm³/mol. The second kappa shape index (κ2) is 7.47. The van der Waals surface area contributed by atoms with Crippen molar-refractivity contribution in [2.45, 2.75) is 24.5 Å². The summed E-state index contributed by atoms with van der Waals surface area (Å²) >= 11 is 0. The van der Waals surface area contributed by atoms with Crippen LogP contribution < -0.4 is 11.2 Å². The van der Waals surface area contributed by atoms with Crippen molar-refractivity contribution in [2.24, 2.45) is 7.05 Å². The van der Waals surface area contributed by atoms with E-state index in [0.29, 0.717) is 0 Å². The molecule has 0 spiro atoms. The molecule has 1 unspecified atom stereocenters. The largest absolute Gasteiger partial charge is 0.387 e. The van der Waals surface area contributed by atoms with Gasteiger partial charge >= 0.3 is 20.9 Å². The molecule has 148 valence electrons. The molecule has 1 aliphatic rings. The van der Waals surface area contributed by atoms with E-state index in [2.05, 4.69) is 4.52 Å². The maximum atomic E-state index is 12.1. The summed E-state index contributed by atoms with van der Waals surface area (Å²) < 4.78 is 33.8. The summed E-state index contributed by atoms with van der Waals surface area (Å²) in [6.45, 7) is -0.775. The highest BCUT2D eigenvalue weighted by molar-refractivity contribution is 7.70. The molecule has 1 fully saturated rings. The van der Waals surface area contributed by atoms with Crippen molar-refractivity contribution in [3.8, 4) is 0 Å². The van der Waals surface area contributed by atoms with Gasteiger partial charge in [0, 0.05) is 19.3 Å². The quantitative estimate of drug-likeness (QED) is 0.307. The van der Waals surface area contributed by atoms with Crippen LogP contribution in [0.5, 0.6) is 0 Å². The highest BCUT2D eigenvalue weighted by Crippen LogP contribution is 2.55. The Morgan fingerprint density at radius 2 is 1.81 bits per heavy atom. The molecule has 13 nitrogen and oxygen atoms in total. The Labute approximate surface area is 145 Å². The lowest BCUT2D eigenvalue weighted by molar-refractivity contribution is -0.0529. The van der Waals surface area contributed by atoms with Gasteiger partial charge in [-0.05, 0) is 0 Å². The first-order chi connectivity index (χ1) is 11.8. The minimum atomic E-state index is -4.82. The first-order valence-electron chi connectivity index (χ1n) is 7.13. The standard InChI is InChI=1S/C11H18N2O11P2/c1-12-7(14)2-3-13(11(12)17)10-9(16)8(15)6(24-10)4-23-26(21,22)5-25(18,19)20/h2-3,6,8-10,15-16H,4-5H2,1H3,(H,21,22)(H2,18,19,20)/t6-,8-,9-,10-/m1/s1. The molecule has 0 saturated carbocycles. The van der Waals surface area contributed by atoms with Crippen LogP contribution in [0, 0.1) is 0 Å². The van der Waals surface area contributed by atoms with Gasteiger partial charge in [-0.3, -0.25) is 23.1 Å². The van der Waals surface area contributed by atoms with Gasteiger partial charge in [-0.2, -0.15) is 0 Å². The fourth-order valence-electron chi connectivity index (χ4n) is 2.34. The predicted octanol–water partition coefficient (Wildman–Crippen LogP) is -2.50. The zero-order valence-electron chi connectivity index (χ0n) is 13.4. The van der Waals surface area contributed by atoms with Crippen LogP contribution in [-0.2, 0) is 25.4 Å². The minimum absolute atomic E-state index is 0.599. The highest BCUT2D eigenvalue weighted by atomic mass is 31.2. The van der Waals surface area contributed by atoms with Crippen LogP contribution in [0.1, 0.15) is 6.23 Å². The van der Waals surface area contributed by atoms with E-state index in [4.69, 9.17) is 14.5 Å². The van der Waals surface area contributed by atoms with Gasteiger partial charge in [0.2, 0.25) is 0 Å². The molecule has 5 atom stereocenters. The molecule has 5 N–H and O–H groups in total. The van der Waals surface area contributed by atoms with Gasteiger partial charge < -0.3 is 34.2 Å². The zero-order valence-corrected chi connectivity index (χ0v) is 15.1. The molecule has 0 aromatic carbocycles. The molecular weight excluding hydrogens is 398 g/mol. The number of hydrogen-bond donors (Lipinski definition) is 5. The first-order valence-corrected chi connectivity index (χ1v) is 10.7. The number of aliphatic hydroxyl groups excluding tert-OH is 2. The van der Waals surface area contributed by atoms with E-state index in [-0.39, 0.29) is 0 Å². The van der Waals surface area contributed by atoms with Crippen molar-refractivity contribution in [1.29, 1.82) is 0 Å². The number of aromatic nitrogens is 2. The third-order valence-electron chi connectivity index (χ3n) is 3.63. The Morgan fingerprint density at radius 1 is 1.19 bits per heavy atom. The molecule has 1 aromatic heterocycles. The second-order valence-corrected chi connectivity index (χ2v) is 9.68. The van der Waals surface area contributed by atoms with Crippen molar-refractivity contribution in [2.75, 3.05) is 12.5 Å². The maximum Gasteiger partial charge on any atom is 0.340 e. The zero-order chi connectivity index (χ0) is 19.9. The number of aliphatic hydroxyl groups is 2. The summed E-state index contributed by atoms with van der Waals surface area (Å²) in [5.41, 5.74) is -1.43. The lowest BCUT2D eigenvalue weighted by atomic mass is 10.1. The van der Waals surface area contributed by atoms with E-state index < -0.39 is 63.5 Å². The van der Waals surface area contributed by atoms with Crippen molar-refractivity contribution in [1.82, 2.24) is 9.13 Å². The molecular formula is C11H18N2O11P2. The Bertz CT molecular complexity index is 874. The van der Waals surface area contributed by atoms with Crippen LogP contribution >= 0.6 is 15.2 Å². The van der Waals surface area contributed by atoms with Gasteiger partial charge in [-0.15, -0.1) is 0 Å². The maximum absolute atomic E-state index is 12.1. The Balaban J connectivity index is 2.14.